The van der Waals surface area contributed by atoms with Crippen LogP contribution in [0.25, 0.3) is 0 Å². The minimum Gasteiger partial charge on any atom is -0.326 e. The van der Waals surface area contributed by atoms with Crippen LogP contribution in [0.2, 0.25) is 0 Å². The third kappa shape index (κ3) is 5.81. The molecule has 110 valence electrons. The minimum absolute atomic E-state index is 0.0638. The molecule has 0 aliphatic carbocycles. The van der Waals surface area contributed by atoms with Crippen molar-refractivity contribution >= 4 is 35.1 Å². The molecule has 2 rings (SSSR count). The molecule has 1 N–H and O–H groups in total. The molecule has 0 aliphatic heterocycles. The molecule has 5 heteroatoms. The van der Waals surface area contributed by atoms with E-state index in [4.69, 9.17) is 0 Å². The van der Waals surface area contributed by atoms with Gasteiger partial charge in [0, 0.05) is 33.9 Å². The number of hydrogen-bond acceptors (Lipinski definition) is 3. The van der Waals surface area contributed by atoms with Crippen LogP contribution in [0.1, 0.15) is 6.92 Å². The number of anilines is 1. The number of nitrogens with one attached hydrogen (secondary N) is 1. The summed E-state index contributed by atoms with van der Waals surface area (Å²) in [5, 5.41) is 2.74. The molecular weight excluding hydrogens is 305 g/mol. The second-order valence-electron chi connectivity index (χ2n) is 4.36. The normalized spacial score (nSPS) is 10.4. The smallest absolute Gasteiger partial charge is 0.221 e. The maximum absolute atomic E-state index is 12.8. The molecule has 2 nitrogen and oxygen atoms in total. The molecule has 0 saturated carbocycles. The second-order valence-corrected chi connectivity index (χ2v) is 6.69. The summed E-state index contributed by atoms with van der Waals surface area (Å²) in [6.07, 6.45) is 0. The first kappa shape index (κ1) is 15.9. The Hall–Kier alpha value is -1.46. The second kappa shape index (κ2) is 8.10. The molecule has 0 aromatic heterocycles. The van der Waals surface area contributed by atoms with Gasteiger partial charge < -0.3 is 5.32 Å². The molecule has 0 radical (unpaired) electrons. The van der Waals surface area contributed by atoms with Gasteiger partial charge in [0.25, 0.3) is 0 Å². The zero-order valence-electron chi connectivity index (χ0n) is 11.6. The fourth-order valence-corrected chi connectivity index (χ4v) is 3.48. The van der Waals surface area contributed by atoms with Crippen LogP contribution in [-0.4, -0.2) is 17.4 Å². The zero-order valence-corrected chi connectivity index (χ0v) is 13.3. The lowest BCUT2D eigenvalue weighted by atomic mass is 10.3. The van der Waals surface area contributed by atoms with Crippen LogP contribution in [0.5, 0.6) is 0 Å². The number of rotatable bonds is 6. The Morgan fingerprint density at radius 2 is 1.43 bits per heavy atom. The van der Waals surface area contributed by atoms with Crippen LogP contribution in [0.4, 0.5) is 10.1 Å². The SMILES string of the molecule is CC(=O)Nc1ccc(SCCSc2ccc(F)cc2)cc1. The van der Waals surface area contributed by atoms with Gasteiger partial charge in [-0.2, -0.15) is 0 Å². The molecule has 2 aromatic rings. The molecule has 0 fully saturated rings. The van der Waals surface area contributed by atoms with Gasteiger partial charge in [-0.05, 0) is 48.5 Å². The zero-order chi connectivity index (χ0) is 15.1. The Bertz CT molecular complexity index is 584. The summed E-state index contributed by atoms with van der Waals surface area (Å²) < 4.78 is 12.8. The number of thioether (sulfide) groups is 2. The van der Waals surface area contributed by atoms with Crippen molar-refractivity contribution in [3.05, 3.63) is 54.3 Å². The first-order valence-corrected chi connectivity index (χ1v) is 8.49. The highest BCUT2D eigenvalue weighted by Crippen LogP contribution is 2.24. The van der Waals surface area contributed by atoms with Gasteiger partial charge >= 0.3 is 0 Å². The first-order valence-electron chi connectivity index (χ1n) is 6.52. The van der Waals surface area contributed by atoms with Crippen LogP contribution in [0, 0.1) is 5.82 Å². The average molecular weight is 321 g/mol. The van der Waals surface area contributed by atoms with Crippen LogP contribution in [-0.2, 0) is 4.79 Å². The van der Waals surface area contributed by atoms with E-state index in [1.165, 1.54) is 24.0 Å². The lowest BCUT2D eigenvalue weighted by molar-refractivity contribution is -0.114. The van der Waals surface area contributed by atoms with E-state index < -0.39 is 0 Å². The predicted octanol–water partition coefficient (Wildman–Crippen LogP) is 4.67. The number of benzene rings is 2. The average Bonchev–Trinajstić information content (AvgIpc) is 2.46. The van der Waals surface area contributed by atoms with E-state index >= 15 is 0 Å². The van der Waals surface area contributed by atoms with E-state index in [-0.39, 0.29) is 11.7 Å². The number of carbonyl (C=O) groups excluding carboxylic acids is 1. The summed E-state index contributed by atoms with van der Waals surface area (Å²) in [5.41, 5.74) is 0.813. The maximum atomic E-state index is 12.8. The third-order valence-corrected chi connectivity index (χ3v) is 4.90. The van der Waals surface area contributed by atoms with Crippen LogP contribution in [0.3, 0.4) is 0 Å². The van der Waals surface area contributed by atoms with Crippen LogP contribution >= 0.6 is 23.5 Å². The standard InChI is InChI=1S/C16H16FNOS2/c1-12(19)18-14-4-8-16(9-5-14)21-11-10-20-15-6-2-13(17)3-7-15/h2-9H,10-11H2,1H3,(H,18,19). The van der Waals surface area contributed by atoms with E-state index in [9.17, 15) is 9.18 Å². The van der Waals surface area contributed by atoms with Gasteiger partial charge in [-0.15, -0.1) is 23.5 Å². The van der Waals surface area contributed by atoms with Gasteiger partial charge in [-0.1, -0.05) is 0 Å². The van der Waals surface area contributed by atoms with Crippen LogP contribution < -0.4 is 5.32 Å². The summed E-state index contributed by atoms with van der Waals surface area (Å²) in [5.74, 6) is 1.67. The van der Waals surface area contributed by atoms with Gasteiger partial charge in [0.05, 0.1) is 0 Å². The molecule has 0 spiro atoms. The first-order chi connectivity index (χ1) is 10.1. The molecular formula is C16H16FNOS2. The van der Waals surface area contributed by atoms with Crippen molar-refractivity contribution in [2.24, 2.45) is 0 Å². The number of halogens is 1. The maximum Gasteiger partial charge on any atom is 0.221 e. The van der Waals surface area contributed by atoms with Gasteiger partial charge in [0.1, 0.15) is 5.82 Å². The Labute approximate surface area is 132 Å². The molecule has 0 atom stereocenters. The fourth-order valence-electron chi connectivity index (χ4n) is 1.69. The Morgan fingerprint density at radius 1 is 0.952 bits per heavy atom. The van der Waals surface area contributed by atoms with Crippen molar-refractivity contribution in [2.75, 3.05) is 16.8 Å². The Morgan fingerprint density at radius 3 is 1.90 bits per heavy atom. The largest absolute Gasteiger partial charge is 0.326 e. The van der Waals surface area contributed by atoms with E-state index in [0.717, 1.165) is 22.1 Å². The van der Waals surface area contributed by atoms with Gasteiger partial charge in [-0.25, -0.2) is 4.39 Å². The third-order valence-electron chi connectivity index (χ3n) is 2.61. The highest BCUT2D eigenvalue weighted by Gasteiger charge is 1.99. The molecule has 2 aromatic carbocycles. The molecule has 0 bridgehead atoms. The van der Waals surface area contributed by atoms with Crippen molar-refractivity contribution in [1.29, 1.82) is 0 Å². The molecule has 0 unspecified atom stereocenters. The van der Waals surface area contributed by atoms with Crippen LogP contribution in [0.15, 0.2) is 58.3 Å². The van der Waals surface area contributed by atoms with Crippen molar-refractivity contribution < 1.29 is 9.18 Å². The summed E-state index contributed by atoms with van der Waals surface area (Å²) in [4.78, 5) is 13.2. The lowest BCUT2D eigenvalue weighted by Crippen LogP contribution is -2.05. The molecule has 0 aliphatic rings. The summed E-state index contributed by atoms with van der Waals surface area (Å²) >= 11 is 3.48. The van der Waals surface area contributed by atoms with Gasteiger partial charge in [-0.3, -0.25) is 4.79 Å². The molecule has 0 saturated heterocycles. The highest BCUT2D eigenvalue weighted by atomic mass is 32.2. The molecule has 1 amide bonds. The van der Waals surface area contributed by atoms with Crippen molar-refractivity contribution in [3.8, 4) is 0 Å². The topological polar surface area (TPSA) is 29.1 Å². The molecule has 21 heavy (non-hydrogen) atoms. The Balaban J connectivity index is 1.73. The summed E-state index contributed by atoms with van der Waals surface area (Å²) in [7, 11) is 0. The quantitative estimate of drug-likeness (QED) is 0.619. The van der Waals surface area contributed by atoms with E-state index in [2.05, 4.69) is 5.32 Å². The molecule has 0 heterocycles. The van der Waals surface area contributed by atoms with Gasteiger partial charge in [0.15, 0.2) is 0 Å². The van der Waals surface area contributed by atoms with E-state index in [0.29, 0.717) is 0 Å². The van der Waals surface area contributed by atoms with Crippen molar-refractivity contribution in [3.63, 3.8) is 0 Å². The number of hydrogen-bond donors (Lipinski definition) is 1. The van der Waals surface area contributed by atoms with E-state index in [1.54, 1.807) is 35.7 Å². The lowest BCUT2D eigenvalue weighted by Gasteiger charge is -2.05. The number of amides is 1. The van der Waals surface area contributed by atoms with Gasteiger partial charge in [0.2, 0.25) is 5.91 Å². The predicted molar refractivity (Wildman–Crippen MR) is 88.6 cm³/mol. The van der Waals surface area contributed by atoms with Crippen molar-refractivity contribution in [2.45, 2.75) is 16.7 Å². The fraction of sp³-hybridized carbons (Fsp3) is 0.188. The minimum atomic E-state index is -0.201. The van der Waals surface area contributed by atoms with E-state index in [1.807, 2.05) is 24.3 Å². The summed E-state index contributed by atoms with van der Waals surface area (Å²) in [6.45, 7) is 1.50. The Kier molecular flexibility index (Phi) is 6.14. The monoisotopic (exact) mass is 321 g/mol. The number of carbonyl (C=O) groups is 1. The van der Waals surface area contributed by atoms with Crippen molar-refractivity contribution in [1.82, 2.24) is 0 Å². The summed E-state index contributed by atoms with van der Waals surface area (Å²) in [6, 6.07) is 14.4. The highest BCUT2D eigenvalue weighted by molar-refractivity contribution is 8.03.